The van der Waals surface area contributed by atoms with Gasteiger partial charge in [-0.1, -0.05) is 16.6 Å². The van der Waals surface area contributed by atoms with Crippen LogP contribution in [0.15, 0.2) is 12.1 Å². The van der Waals surface area contributed by atoms with Crippen molar-refractivity contribution < 1.29 is 8.42 Å². The molecule has 0 spiro atoms. The zero-order chi connectivity index (χ0) is 10.9. The van der Waals surface area contributed by atoms with Crippen LogP contribution in [0, 0.1) is 13.8 Å². The van der Waals surface area contributed by atoms with E-state index in [4.69, 9.17) is 7.85 Å². The van der Waals surface area contributed by atoms with Crippen LogP contribution in [0.5, 0.6) is 0 Å². The molecule has 1 aromatic carbocycles. The zero-order valence-corrected chi connectivity index (χ0v) is 9.27. The standard InChI is InChI=1S/C9H12BNO2S/c1-6-4-8(11-14(3,12)13)5-7(2)9(6)10/h4-5,11H,1-3H3. The van der Waals surface area contributed by atoms with E-state index in [0.29, 0.717) is 11.2 Å². The van der Waals surface area contributed by atoms with Gasteiger partial charge in [0.25, 0.3) is 0 Å². The number of hydrogen-bond donors (Lipinski definition) is 1. The highest BCUT2D eigenvalue weighted by Gasteiger charge is 2.04. The quantitative estimate of drug-likeness (QED) is 0.719. The summed E-state index contributed by atoms with van der Waals surface area (Å²) in [6, 6.07) is 3.42. The molecular weight excluding hydrogens is 197 g/mol. The summed E-state index contributed by atoms with van der Waals surface area (Å²) in [4.78, 5) is 0. The van der Waals surface area contributed by atoms with Crippen LogP contribution in [0.25, 0.3) is 0 Å². The van der Waals surface area contributed by atoms with Crippen molar-refractivity contribution in [2.45, 2.75) is 13.8 Å². The Morgan fingerprint density at radius 3 is 2.00 bits per heavy atom. The van der Waals surface area contributed by atoms with E-state index in [-0.39, 0.29) is 0 Å². The minimum atomic E-state index is -3.21. The Morgan fingerprint density at radius 2 is 1.64 bits per heavy atom. The van der Waals surface area contributed by atoms with Gasteiger partial charge in [0.2, 0.25) is 10.0 Å². The van der Waals surface area contributed by atoms with Gasteiger partial charge in [-0.3, -0.25) is 4.72 Å². The van der Waals surface area contributed by atoms with Gasteiger partial charge in [-0.2, -0.15) is 0 Å². The Balaban J connectivity index is 3.14. The topological polar surface area (TPSA) is 46.2 Å². The first-order valence-corrected chi connectivity index (χ1v) is 6.03. The van der Waals surface area contributed by atoms with Crippen molar-refractivity contribution in [1.29, 1.82) is 0 Å². The second-order valence-corrected chi connectivity index (χ2v) is 5.15. The van der Waals surface area contributed by atoms with Crippen LogP contribution in [0.1, 0.15) is 11.1 Å². The number of nitrogens with one attached hydrogen (secondary N) is 1. The van der Waals surface area contributed by atoms with Gasteiger partial charge < -0.3 is 0 Å². The van der Waals surface area contributed by atoms with E-state index >= 15 is 0 Å². The molecule has 0 fully saturated rings. The van der Waals surface area contributed by atoms with Crippen molar-refractivity contribution in [3.8, 4) is 0 Å². The second-order valence-electron chi connectivity index (χ2n) is 3.40. The molecule has 0 aliphatic heterocycles. The number of hydrogen-bond acceptors (Lipinski definition) is 2. The SMILES string of the molecule is [B]c1c(C)cc(NS(C)(=O)=O)cc1C. The smallest absolute Gasteiger partial charge is 0.229 e. The summed E-state index contributed by atoms with van der Waals surface area (Å²) in [5.41, 5.74) is 2.99. The lowest BCUT2D eigenvalue weighted by atomic mass is 9.86. The minimum Gasteiger partial charge on any atom is -0.284 e. The Bertz CT molecular complexity index is 431. The lowest BCUT2D eigenvalue weighted by Crippen LogP contribution is -2.15. The largest absolute Gasteiger partial charge is 0.284 e. The van der Waals surface area contributed by atoms with Crippen molar-refractivity contribution in [1.82, 2.24) is 0 Å². The summed E-state index contributed by atoms with van der Waals surface area (Å²) in [6.45, 7) is 3.69. The monoisotopic (exact) mass is 209 g/mol. The highest BCUT2D eigenvalue weighted by atomic mass is 32.2. The van der Waals surface area contributed by atoms with Crippen LogP contribution in [0.3, 0.4) is 0 Å². The van der Waals surface area contributed by atoms with Gasteiger partial charge in [0, 0.05) is 5.69 Å². The van der Waals surface area contributed by atoms with E-state index in [9.17, 15) is 8.42 Å². The van der Waals surface area contributed by atoms with Crippen LogP contribution in [0.2, 0.25) is 0 Å². The lowest BCUT2D eigenvalue weighted by Gasteiger charge is -2.10. The first kappa shape index (κ1) is 11.1. The normalized spacial score (nSPS) is 11.4. The molecule has 1 rings (SSSR count). The van der Waals surface area contributed by atoms with Gasteiger partial charge in [0.15, 0.2) is 0 Å². The van der Waals surface area contributed by atoms with Crippen LogP contribution in [-0.4, -0.2) is 22.5 Å². The predicted molar refractivity (Wildman–Crippen MR) is 59.8 cm³/mol. The maximum atomic E-state index is 11.0. The Labute approximate surface area is 86.0 Å². The van der Waals surface area contributed by atoms with Crippen molar-refractivity contribution in [3.63, 3.8) is 0 Å². The second kappa shape index (κ2) is 3.65. The first-order chi connectivity index (χ1) is 6.29. The lowest BCUT2D eigenvalue weighted by molar-refractivity contribution is 0.607. The van der Waals surface area contributed by atoms with Crippen molar-refractivity contribution >= 4 is 29.0 Å². The highest BCUT2D eigenvalue weighted by molar-refractivity contribution is 7.92. The maximum absolute atomic E-state index is 11.0. The van der Waals surface area contributed by atoms with Crippen LogP contribution in [0.4, 0.5) is 5.69 Å². The molecule has 0 atom stereocenters. The molecule has 1 aromatic rings. The fourth-order valence-electron chi connectivity index (χ4n) is 1.25. The molecule has 0 heterocycles. The van der Waals surface area contributed by atoms with Crippen LogP contribution < -0.4 is 10.2 Å². The summed E-state index contributed by atoms with van der Waals surface area (Å²) in [5, 5.41) is 0. The number of benzene rings is 1. The summed E-state index contributed by atoms with van der Waals surface area (Å²) < 4.78 is 24.3. The molecule has 0 aromatic heterocycles. The van der Waals surface area contributed by atoms with E-state index in [0.717, 1.165) is 17.4 Å². The first-order valence-electron chi connectivity index (χ1n) is 4.14. The molecule has 0 unspecified atom stereocenters. The molecule has 0 saturated carbocycles. The van der Waals surface area contributed by atoms with Gasteiger partial charge in [-0.25, -0.2) is 8.42 Å². The Hall–Kier alpha value is -0.965. The van der Waals surface area contributed by atoms with Crippen molar-refractivity contribution in [2.75, 3.05) is 11.0 Å². The number of anilines is 1. The average Bonchev–Trinajstić information content (AvgIpc) is 1.96. The van der Waals surface area contributed by atoms with Gasteiger partial charge in [0.1, 0.15) is 7.85 Å². The molecule has 5 heteroatoms. The maximum Gasteiger partial charge on any atom is 0.229 e. The Morgan fingerprint density at radius 1 is 1.21 bits per heavy atom. The molecule has 0 bridgehead atoms. The minimum absolute atomic E-state index is 0.553. The van der Waals surface area contributed by atoms with E-state index in [1.165, 1.54) is 0 Å². The predicted octanol–water partition coefficient (Wildman–Crippen LogP) is 0.469. The zero-order valence-electron chi connectivity index (χ0n) is 8.46. The van der Waals surface area contributed by atoms with Gasteiger partial charge in [0.05, 0.1) is 6.26 Å². The summed E-state index contributed by atoms with van der Waals surface area (Å²) >= 11 is 0. The summed E-state index contributed by atoms with van der Waals surface area (Å²) in [5.74, 6) is 0. The summed E-state index contributed by atoms with van der Waals surface area (Å²) in [7, 11) is 2.52. The van der Waals surface area contributed by atoms with E-state index < -0.39 is 10.0 Å². The highest BCUT2D eigenvalue weighted by Crippen LogP contribution is 2.12. The van der Waals surface area contributed by atoms with E-state index in [2.05, 4.69) is 4.72 Å². The van der Waals surface area contributed by atoms with Gasteiger partial charge in [-0.05, 0) is 26.0 Å². The molecule has 3 nitrogen and oxygen atoms in total. The molecule has 2 radical (unpaired) electrons. The third kappa shape index (κ3) is 2.77. The van der Waals surface area contributed by atoms with Gasteiger partial charge in [-0.15, -0.1) is 0 Å². The third-order valence-electron chi connectivity index (χ3n) is 1.90. The molecule has 0 amide bonds. The molecular formula is C9H12BNO2S. The average molecular weight is 209 g/mol. The molecule has 0 saturated heterocycles. The number of sulfonamides is 1. The fraction of sp³-hybridized carbons (Fsp3) is 0.333. The van der Waals surface area contributed by atoms with Crippen molar-refractivity contribution in [2.24, 2.45) is 0 Å². The fourth-order valence-corrected chi connectivity index (χ4v) is 1.79. The van der Waals surface area contributed by atoms with Crippen LogP contribution in [-0.2, 0) is 10.0 Å². The Kier molecular flexibility index (Phi) is 2.90. The molecule has 1 N–H and O–H groups in total. The van der Waals surface area contributed by atoms with Crippen molar-refractivity contribution in [3.05, 3.63) is 23.3 Å². The third-order valence-corrected chi connectivity index (χ3v) is 2.50. The molecule has 0 aliphatic rings. The van der Waals surface area contributed by atoms with Crippen LogP contribution >= 0.6 is 0 Å². The van der Waals surface area contributed by atoms with E-state index in [1.54, 1.807) is 12.1 Å². The molecule has 74 valence electrons. The van der Waals surface area contributed by atoms with Gasteiger partial charge >= 0.3 is 0 Å². The number of rotatable bonds is 2. The van der Waals surface area contributed by atoms with E-state index in [1.807, 2.05) is 13.8 Å². The molecule has 0 aliphatic carbocycles. The molecule has 14 heavy (non-hydrogen) atoms. The number of aryl methyl sites for hydroxylation is 2. The summed E-state index contributed by atoms with van der Waals surface area (Å²) in [6.07, 6.45) is 1.12.